The second-order valence-electron chi connectivity index (χ2n) is 7.88. The zero-order valence-corrected chi connectivity index (χ0v) is 19.6. The first-order valence-corrected chi connectivity index (χ1v) is 11.0. The van der Waals surface area contributed by atoms with E-state index in [1.165, 1.54) is 4.90 Å². The normalized spacial score (nSPS) is 20.2. The molecule has 0 bridgehead atoms. The van der Waals surface area contributed by atoms with Gasteiger partial charge in [-0.2, -0.15) is 0 Å². The predicted molar refractivity (Wildman–Crippen MR) is 121 cm³/mol. The highest BCUT2D eigenvalue weighted by atomic mass is 16.5. The Morgan fingerprint density at radius 3 is 2.16 bits per heavy atom. The molecule has 1 atom stereocenters. The van der Waals surface area contributed by atoms with Gasteiger partial charge in [0.2, 0.25) is 0 Å². The largest absolute Gasteiger partial charge is 0.497 e. The average Bonchev–Trinajstić information content (AvgIpc) is 2.81. The molecule has 0 unspecified atom stereocenters. The number of hydrogen-bond donors (Lipinski definition) is 1. The van der Waals surface area contributed by atoms with Gasteiger partial charge in [-0.3, -0.25) is 9.80 Å². The molecule has 3 rings (SSSR count). The van der Waals surface area contributed by atoms with Crippen LogP contribution in [-0.2, 0) is 9.53 Å². The van der Waals surface area contributed by atoms with E-state index in [0.717, 1.165) is 32.7 Å². The molecule has 1 aromatic carbocycles. The lowest BCUT2D eigenvalue weighted by molar-refractivity contribution is -0.139. The Balaban J connectivity index is 2.04. The number of esters is 1. The van der Waals surface area contributed by atoms with Gasteiger partial charge in [0.1, 0.15) is 11.5 Å². The fourth-order valence-corrected chi connectivity index (χ4v) is 4.12. The SMILES string of the molecule is CCOC(=O)C1=C(CN2CCN(CC)CC2)N(C)C(=O)N[C@H]1c1cc(OC)cc(OC)c1. The van der Waals surface area contributed by atoms with Crippen LogP contribution < -0.4 is 14.8 Å². The summed E-state index contributed by atoms with van der Waals surface area (Å²) in [4.78, 5) is 32.2. The highest BCUT2D eigenvalue weighted by molar-refractivity contribution is 5.95. The van der Waals surface area contributed by atoms with Gasteiger partial charge in [0.15, 0.2) is 0 Å². The molecule has 1 N–H and O–H groups in total. The van der Waals surface area contributed by atoms with Crippen LogP contribution in [0, 0.1) is 0 Å². The van der Waals surface area contributed by atoms with Gasteiger partial charge in [0, 0.05) is 51.5 Å². The molecule has 2 amide bonds. The topological polar surface area (TPSA) is 83.6 Å². The number of nitrogens with one attached hydrogen (secondary N) is 1. The summed E-state index contributed by atoms with van der Waals surface area (Å²) in [6, 6.07) is 4.41. The summed E-state index contributed by atoms with van der Waals surface area (Å²) in [6.07, 6.45) is 0. The maximum absolute atomic E-state index is 13.1. The van der Waals surface area contributed by atoms with E-state index in [2.05, 4.69) is 22.0 Å². The number of amides is 2. The Hall–Kier alpha value is -2.78. The van der Waals surface area contributed by atoms with Crippen LogP contribution in [0.1, 0.15) is 25.5 Å². The summed E-state index contributed by atoms with van der Waals surface area (Å²) in [5.41, 5.74) is 1.78. The molecule has 2 aliphatic heterocycles. The highest BCUT2D eigenvalue weighted by Crippen LogP contribution is 2.35. The number of carbonyl (C=O) groups excluding carboxylic acids is 2. The smallest absolute Gasteiger partial charge is 0.338 e. The maximum Gasteiger partial charge on any atom is 0.338 e. The lowest BCUT2D eigenvalue weighted by Gasteiger charge is -2.39. The molecule has 176 valence electrons. The number of urea groups is 1. The van der Waals surface area contributed by atoms with Crippen LogP contribution in [0.15, 0.2) is 29.5 Å². The number of carbonyl (C=O) groups is 2. The molecule has 0 aromatic heterocycles. The zero-order valence-electron chi connectivity index (χ0n) is 19.6. The molecule has 0 saturated carbocycles. The van der Waals surface area contributed by atoms with Gasteiger partial charge in [-0.05, 0) is 31.2 Å². The van der Waals surface area contributed by atoms with Gasteiger partial charge in [0.25, 0.3) is 0 Å². The van der Waals surface area contributed by atoms with Crippen molar-refractivity contribution in [2.75, 3.05) is 67.1 Å². The van der Waals surface area contributed by atoms with E-state index < -0.39 is 12.0 Å². The highest BCUT2D eigenvalue weighted by Gasteiger charge is 2.38. The van der Waals surface area contributed by atoms with Gasteiger partial charge in [0.05, 0.1) is 32.4 Å². The third-order valence-electron chi connectivity index (χ3n) is 6.06. The Kier molecular flexibility index (Phi) is 7.98. The average molecular weight is 447 g/mol. The van der Waals surface area contributed by atoms with Crippen molar-refractivity contribution in [2.24, 2.45) is 0 Å². The van der Waals surface area contributed by atoms with Crippen molar-refractivity contribution in [3.8, 4) is 11.5 Å². The minimum atomic E-state index is -0.673. The first-order valence-electron chi connectivity index (χ1n) is 11.0. The van der Waals surface area contributed by atoms with E-state index in [1.807, 2.05) is 0 Å². The molecule has 32 heavy (non-hydrogen) atoms. The second kappa shape index (κ2) is 10.7. The van der Waals surface area contributed by atoms with Gasteiger partial charge in [-0.15, -0.1) is 0 Å². The molecule has 1 aromatic rings. The lowest BCUT2D eigenvalue weighted by Crippen LogP contribution is -2.52. The number of ether oxygens (including phenoxy) is 3. The van der Waals surface area contributed by atoms with E-state index in [-0.39, 0.29) is 12.6 Å². The van der Waals surface area contributed by atoms with E-state index in [4.69, 9.17) is 14.2 Å². The summed E-state index contributed by atoms with van der Waals surface area (Å²) >= 11 is 0. The van der Waals surface area contributed by atoms with E-state index >= 15 is 0 Å². The lowest BCUT2D eigenvalue weighted by atomic mass is 9.93. The van der Waals surface area contributed by atoms with Crippen LogP contribution in [0.4, 0.5) is 4.79 Å². The summed E-state index contributed by atoms with van der Waals surface area (Å²) in [5.74, 6) is 0.717. The molecule has 9 heteroatoms. The number of hydrogen-bond acceptors (Lipinski definition) is 7. The molecule has 1 fully saturated rings. The fourth-order valence-electron chi connectivity index (χ4n) is 4.12. The minimum Gasteiger partial charge on any atom is -0.497 e. The first kappa shape index (κ1) is 23.9. The predicted octanol–water partition coefficient (Wildman–Crippen LogP) is 1.85. The fraction of sp³-hybridized carbons (Fsp3) is 0.565. The van der Waals surface area contributed by atoms with Crippen LogP contribution in [0.25, 0.3) is 0 Å². The van der Waals surface area contributed by atoms with Crippen LogP contribution >= 0.6 is 0 Å². The molecule has 0 aliphatic carbocycles. The Morgan fingerprint density at radius 2 is 1.62 bits per heavy atom. The van der Waals surface area contributed by atoms with Crippen molar-refractivity contribution in [2.45, 2.75) is 19.9 Å². The van der Waals surface area contributed by atoms with Crippen molar-refractivity contribution < 1.29 is 23.8 Å². The standard InChI is InChI=1S/C23H34N4O5/c1-6-26-8-10-27(11-9-26)15-19-20(22(28)32-7-2)21(24-23(29)25(19)3)16-12-17(30-4)14-18(13-16)31-5/h12-14,21H,6-11,15H2,1-5H3,(H,24,29)/t21-/m0/s1. The molecule has 0 radical (unpaired) electrons. The molecule has 9 nitrogen and oxygen atoms in total. The summed E-state index contributed by atoms with van der Waals surface area (Å²) in [6.45, 7) is 9.37. The second-order valence-corrected chi connectivity index (χ2v) is 7.88. The molecule has 0 spiro atoms. The van der Waals surface area contributed by atoms with Crippen LogP contribution in [-0.4, -0.2) is 93.8 Å². The molecule has 1 saturated heterocycles. The van der Waals surface area contributed by atoms with Crippen molar-refractivity contribution in [1.82, 2.24) is 20.0 Å². The van der Waals surface area contributed by atoms with Gasteiger partial charge < -0.3 is 24.4 Å². The third kappa shape index (κ3) is 5.16. The van der Waals surface area contributed by atoms with Crippen LogP contribution in [0.5, 0.6) is 11.5 Å². The molecular weight excluding hydrogens is 412 g/mol. The number of rotatable bonds is 8. The Labute approximate surface area is 189 Å². The van der Waals surface area contributed by atoms with E-state index in [9.17, 15) is 9.59 Å². The van der Waals surface area contributed by atoms with Gasteiger partial charge in [-0.1, -0.05) is 6.92 Å². The maximum atomic E-state index is 13.1. The molecule has 2 aliphatic rings. The van der Waals surface area contributed by atoms with Crippen LogP contribution in [0.2, 0.25) is 0 Å². The van der Waals surface area contributed by atoms with Crippen molar-refractivity contribution in [3.05, 3.63) is 35.0 Å². The third-order valence-corrected chi connectivity index (χ3v) is 6.06. The zero-order chi connectivity index (χ0) is 23.3. The minimum absolute atomic E-state index is 0.247. The number of nitrogens with zero attached hydrogens (tertiary/aromatic N) is 3. The van der Waals surface area contributed by atoms with E-state index in [0.29, 0.717) is 34.9 Å². The van der Waals surface area contributed by atoms with Crippen molar-refractivity contribution in [3.63, 3.8) is 0 Å². The summed E-state index contributed by atoms with van der Waals surface area (Å²) < 4.78 is 16.2. The van der Waals surface area contributed by atoms with Crippen molar-refractivity contribution in [1.29, 1.82) is 0 Å². The van der Waals surface area contributed by atoms with Crippen LogP contribution in [0.3, 0.4) is 0 Å². The quantitative estimate of drug-likeness (QED) is 0.610. The van der Waals surface area contributed by atoms with Crippen molar-refractivity contribution >= 4 is 12.0 Å². The Bertz CT molecular complexity index is 842. The van der Waals surface area contributed by atoms with Gasteiger partial charge >= 0.3 is 12.0 Å². The molecular formula is C23H34N4O5. The Morgan fingerprint density at radius 1 is 1.03 bits per heavy atom. The molecule has 2 heterocycles. The number of likely N-dealkylation sites (N-methyl/N-ethyl adjacent to an activating group) is 2. The number of methoxy groups -OCH3 is 2. The van der Waals surface area contributed by atoms with Gasteiger partial charge in [-0.25, -0.2) is 9.59 Å². The summed E-state index contributed by atoms with van der Waals surface area (Å²) in [7, 11) is 4.82. The summed E-state index contributed by atoms with van der Waals surface area (Å²) in [5, 5.41) is 2.95. The van der Waals surface area contributed by atoms with E-state index in [1.54, 1.807) is 46.4 Å². The monoisotopic (exact) mass is 446 g/mol. The number of benzene rings is 1. The first-order chi connectivity index (χ1) is 15.4. The number of piperazine rings is 1.